The second-order valence-corrected chi connectivity index (χ2v) is 8.63. The van der Waals surface area contributed by atoms with Crippen molar-refractivity contribution in [1.82, 2.24) is 4.72 Å². The Kier molecular flexibility index (Phi) is 4.06. The summed E-state index contributed by atoms with van der Waals surface area (Å²) in [5, 5.41) is 8.93. The fourth-order valence-electron chi connectivity index (χ4n) is 1.81. The molecule has 0 radical (unpaired) electrons. The van der Waals surface area contributed by atoms with Crippen molar-refractivity contribution in [2.24, 2.45) is 5.92 Å². The Labute approximate surface area is 122 Å². The Morgan fingerprint density at radius 1 is 1.33 bits per heavy atom. The van der Waals surface area contributed by atoms with Crippen LogP contribution in [0.2, 0.25) is 0 Å². The molecule has 0 aliphatic heterocycles. The minimum Gasteiger partial charge on any atom is -0.224 e. The first-order valence-corrected chi connectivity index (χ1v) is 9.44. The monoisotopic (exact) mass is 332 g/mol. The molecule has 0 amide bonds. The van der Waals surface area contributed by atoms with Crippen molar-refractivity contribution in [3.05, 3.63) is 24.0 Å². The Hall–Kier alpha value is -1.50. The fraction of sp³-hybridized carbons (Fsp3) is 0.417. The van der Waals surface area contributed by atoms with Gasteiger partial charge in [-0.15, -0.1) is 0 Å². The molecular weight excluding hydrogens is 319 g/mol. The van der Waals surface area contributed by atoms with Crippen LogP contribution < -0.4 is 4.72 Å². The number of nitrogens with one attached hydrogen (secondary N) is 1. The van der Waals surface area contributed by atoms with Crippen molar-refractivity contribution >= 4 is 19.9 Å². The Balaban J connectivity index is 2.42. The first-order chi connectivity index (χ1) is 9.65. The van der Waals surface area contributed by atoms with Crippen molar-refractivity contribution in [2.45, 2.75) is 28.7 Å². The van der Waals surface area contributed by atoms with E-state index in [9.17, 15) is 21.2 Å². The normalized spacial score (nSPS) is 17.2. The molecule has 1 N–H and O–H groups in total. The summed E-state index contributed by atoms with van der Waals surface area (Å²) in [6, 6.07) is 3.42. The molecule has 1 aliphatic rings. The third-order valence-corrected chi connectivity index (χ3v) is 5.70. The quantitative estimate of drug-likeness (QED) is 0.804. The maximum atomic E-state index is 13.7. The van der Waals surface area contributed by atoms with Crippen LogP contribution in [0.4, 0.5) is 4.39 Å². The highest BCUT2D eigenvalue weighted by Crippen LogP contribution is 2.33. The molecular formula is C12H13FN2O4S2. The van der Waals surface area contributed by atoms with Crippen LogP contribution in [0.25, 0.3) is 0 Å². The zero-order valence-corrected chi connectivity index (χ0v) is 12.7. The first-order valence-electron chi connectivity index (χ1n) is 6.07. The maximum Gasteiger partial charge on any atom is 0.244 e. The van der Waals surface area contributed by atoms with E-state index in [1.165, 1.54) is 0 Å². The first kappa shape index (κ1) is 15.9. The molecule has 1 unspecified atom stereocenters. The van der Waals surface area contributed by atoms with E-state index < -0.39 is 36.6 Å². The van der Waals surface area contributed by atoms with Crippen LogP contribution in [0.15, 0.2) is 28.0 Å². The van der Waals surface area contributed by atoms with Gasteiger partial charge in [-0.2, -0.15) is 9.98 Å². The molecule has 0 bridgehead atoms. The summed E-state index contributed by atoms with van der Waals surface area (Å²) in [6.07, 6.45) is 2.35. The number of nitrogens with zero attached hydrogens (tertiary/aromatic N) is 1. The number of nitriles is 1. The van der Waals surface area contributed by atoms with Gasteiger partial charge in [0.25, 0.3) is 0 Å². The van der Waals surface area contributed by atoms with Gasteiger partial charge in [0.15, 0.2) is 9.84 Å². The van der Waals surface area contributed by atoms with Gasteiger partial charge in [0.2, 0.25) is 10.0 Å². The lowest BCUT2D eigenvalue weighted by Gasteiger charge is -2.12. The van der Waals surface area contributed by atoms with E-state index in [-0.39, 0.29) is 10.8 Å². The standard InChI is InChI=1S/C12H13FN2O4S2/c1-20(16,17)9-4-5-10(13)12(6-9)21(18,19)15-11(7-14)8-2-3-8/h4-6,8,11,15H,2-3H2,1H3. The van der Waals surface area contributed by atoms with Crippen LogP contribution in [-0.2, 0) is 19.9 Å². The lowest BCUT2D eigenvalue weighted by molar-refractivity contribution is 0.541. The third kappa shape index (κ3) is 3.58. The highest BCUT2D eigenvalue weighted by Gasteiger charge is 2.35. The van der Waals surface area contributed by atoms with Crippen molar-refractivity contribution in [3.63, 3.8) is 0 Å². The molecule has 1 atom stereocenters. The zero-order valence-electron chi connectivity index (χ0n) is 11.1. The molecule has 0 saturated heterocycles. The van der Waals surface area contributed by atoms with E-state index in [1.54, 1.807) is 0 Å². The van der Waals surface area contributed by atoms with Gasteiger partial charge in [-0.3, -0.25) is 0 Å². The molecule has 1 fully saturated rings. The smallest absolute Gasteiger partial charge is 0.224 e. The van der Waals surface area contributed by atoms with Crippen LogP contribution in [0.1, 0.15) is 12.8 Å². The van der Waals surface area contributed by atoms with Gasteiger partial charge in [0.1, 0.15) is 16.8 Å². The largest absolute Gasteiger partial charge is 0.244 e. The summed E-state index contributed by atoms with van der Waals surface area (Å²) in [5.41, 5.74) is 0. The van der Waals surface area contributed by atoms with Crippen molar-refractivity contribution in [2.75, 3.05) is 6.26 Å². The van der Waals surface area contributed by atoms with Gasteiger partial charge >= 0.3 is 0 Å². The summed E-state index contributed by atoms with van der Waals surface area (Å²) in [4.78, 5) is -1.07. The molecule has 1 aromatic carbocycles. The molecule has 0 heterocycles. The molecule has 21 heavy (non-hydrogen) atoms. The Bertz CT molecular complexity index is 808. The third-order valence-electron chi connectivity index (χ3n) is 3.13. The van der Waals surface area contributed by atoms with Crippen LogP contribution in [-0.4, -0.2) is 29.1 Å². The fourth-order valence-corrected chi connectivity index (χ4v) is 3.84. The minimum atomic E-state index is -4.30. The van der Waals surface area contributed by atoms with Gasteiger partial charge in [-0.05, 0) is 37.0 Å². The number of rotatable bonds is 5. The van der Waals surface area contributed by atoms with Gasteiger partial charge in [0, 0.05) is 6.26 Å². The van der Waals surface area contributed by atoms with Crippen LogP contribution in [0.5, 0.6) is 0 Å². The van der Waals surface area contributed by atoms with E-state index in [0.717, 1.165) is 37.3 Å². The highest BCUT2D eigenvalue weighted by molar-refractivity contribution is 7.91. The predicted molar refractivity (Wildman–Crippen MR) is 72.0 cm³/mol. The average Bonchev–Trinajstić information content (AvgIpc) is 3.19. The number of hydrogen-bond acceptors (Lipinski definition) is 5. The summed E-state index contributed by atoms with van der Waals surface area (Å²) in [6.45, 7) is 0. The van der Waals surface area contributed by atoms with Crippen LogP contribution >= 0.6 is 0 Å². The number of sulfone groups is 1. The molecule has 1 aromatic rings. The average molecular weight is 332 g/mol. The van der Waals surface area contributed by atoms with Crippen LogP contribution in [0.3, 0.4) is 0 Å². The zero-order chi connectivity index (χ0) is 15.8. The highest BCUT2D eigenvalue weighted by atomic mass is 32.2. The van der Waals surface area contributed by atoms with Gasteiger partial charge < -0.3 is 0 Å². The SMILES string of the molecule is CS(=O)(=O)c1ccc(F)c(S(=O)(=O)NC(C#N)C2CC2)c1. The molecule has 1 saturated carbocycles. The molecule has 0 aromatic heterocycles. The van der Waals surface area contributed by atoms with Gasteiger partial charge in [-0.25, -0.2) is 21.2 Å². The van der Waals surface area contributed by atoms with E-state index in [4.69, 9.17) is 5.26 Å². The minimum absolute atomic E-state index is 0.0778. The van der Waals surface area contributed by atoms with E-state index in [0.29, 0.717) is 0 Å². The van der Waals surface area contributed by atoms with E-state index >= 15 is 0 Å². The van der Waals surface area contributed by atoms with Gasteiger partial charge in [0.05, 0.1) is 11.0 Å². The summed E-state index contributed by atoms with van der Waals surface area (Å²) < 4.78 is 63.0. The number of halogens is 1. The number of hydrogen-bond donors (Lipinski definition) is 1. The lowest BCUT2D eigenvalue weighted by Crippen LogP contribution is -2.35. The van der Waals surface area contributed by atoms with Crippen LogP contribution in [0, 0.1) is 23.1 Å². The molecule has 0 spiro atoms. The molecule has 2 rings (SSSR count). The lowest BCUT2D eigenvalue weighted by atomic mass is 10.2. The molecule has 1 aliphatic carbocycles. The predicted octanol–water partition coefficient (Wildman–Crippen LogP) is 0.810. The summed E-state index contributed by atoms with van der Waals surface area (Å²) in [7, 11) is -7.97. The van der Waals surface area contributed by atoms with Crippen molar-refractivity contribution < 1.29 is 21.2 Å². The van der Waals surface area contributed by atoms with Crippen molar-refractivity contribution in [1.29, 1.82) is 5.26 Å². The molecule has 6 nitrogen and oxygen atoms in total. The van der Waals surface area contributed by atoms with E-state index in [1.807, 2.05) is 6.07 Å². The second kappa shape index (κ2) is 5.36. The van der Waals surface area contributed by atoms with E-state index in [2.05, 4.69) is 4.72 Å². The Morgan fingerprint density at radius 2 is 1.95 bits per heavy atom. The number of benzene rings is 1. The maximum absolute atomic E-state index is 13.7. The topological polar surface area (TPSA) is 104 Å². The Morgan fingerprint density at radius 3 is 2.43 bits per heavy atom. The molecule has 9 heteroatoms. The van der Waals surface area contributed by atoms with Crippen molar-refractivity contribution in [3.8, 4) is 6.07 Å². The molecule has 114 valence electrons. The second-order valence-electron chi connectivity index (χ2n) is 4.93. The summed E-state index contributed by atoms with van der Waals surface area (Å²) in [5.74, 6) is -1.15. The van der Waals surface area contributed by atoms with Gasteiger partial charge in [-0.1, -0.05) is 0 Å². The summed E-state index contributed by atoms with van der Waals surface area (Å²) >= 11 is 0. The number of sulfonamides is 1.